The molecule has 0 aliphatic carbocycles. The van der Waals surface area contributed by atoms with Crippen molar-refractivity contribution in [1.29, 1.82) is 0 Å². The Hall–Kier alpha value is -3.46. The highest BCUT2D eigenvalue weighted by molar-refractivity contribution is 8.16. The number of hydrogen-bond donors (Lipinski definition) is 1. The quantitative estimate of drug-likeness (QED) is 0.590. The van der Waals surface area contributed by atoms with Gasteiger partial charge in [-0.15, -0.1) is 0 Å². The van der Waals surface area contributed by atoms with Gasteiger partial charge in [-0.05, 0) is 55.5 Å². The van der Waals surface area contributed by atoms with Gasteiger partial charge in [0.25, 0.3) is 0 Å². The SMILES string of the molecule is CC1=C(C(=O)OC(C)C)C(c2cccc(F)c2)N2C(CC(=O)NCc3cccnc3)=CSC2=N1. The molecule has 4 rings (SSSR count). The van der Waals surface area contributed by atoms with E-state index in [0.29, 0.717) is 34.2 Å². The summed E-state index contributed by atoms with van der Waals surface area (Å²) in [5.41, 5.74) is 2.97. The number of aromatic nitrogens is 1. The van der Waals surface area contributed by atoms with Crippen LogP contribution in [0, 0.1) is 5.82 Å². The Balaban J connectivity index is 1.62. The van der Waals surface area contributed by atoms with Gasteiger partial charge in [0.1, 0.15) is 5.82 Å². The summed E-state index contributed by atoms with van der Waals surface area (Å²) < 4.78 is 19.7. The third-order valence-corrected chi connectivity index (χ3v) is 6.17. The highest BCUT2D eigenvalue weighted by Gasteiger charge is 2.41. The highest BCUT2D eigenvalue weighted by atomic mass is 32.2. The van der Waals surface area contributed by atoms with Gasteiger partial charge in [-0.3, -0.25) is 9.78 Å². The maximum absolute atomic E-state index is 14.2. The van der Waals surface area contributed by atoms with Crippen LogP contribution in [-0.2, 0) is 20.9 Å². The van der Waals surface area contributed by atoms with E-state index in [1.54, 1.807) is 45.3 Å². The van der Waals surface area contributed by atoms with Crippen molar-refractivity contribution in [2.45, 2.75) is 45.9 Å². The van der Waals surface area contributed by atoms with E-state index < -0.39 is 17.8 Å². The number of amidine groups is 1. The van der Waals surface area contributed by atoms with Gasteiger partial charge < -0.3 is 15.0 Å². The van der Waals surface area contributed by atoms with Crippen molar-refractivity contribution < 1.29 is 18.7 Å². The summed E-state index contributed by atoms with van der Waals surface area (Å²) in [5, 5.41) is 5.37. The number of aliphatic imine (C=N–C) groups is 1. The first-order valence-electron chi connectivity index (χ1n) is 10.9. The van der Waals surface area contributed by atoms with Gasteiger partial charge in [-0.2, -0.15) is 0 Å². The number of hydrogen-bond acceptors (Lipinski definition) is 7. The molecule has 0 saturated heterocycles. The maximum atomic E-state index is 14.2. The Morgan fingerprint density at radius 2 is 2.09 bits per heavy atom. The number of nitrogens with one attached hydrogen (secondary N) is 1. The molecule has 1 amide bonds. The van der Waals surface area contributed by atoms with Crippen LogP contribution >= 0.6 is 11.8 Å². The second kappa shape index (κ2) is 10.2. The van der Waals surface area contributed by atoms with E-state index in [9.17, 15) is 14.0 Å². The molecule has 0 spiro atoms. The lowest BCUT2D eigenvalue weighted by atomic mass is 9.93. The molecule has 34 heavy (non-hydrogen) atoms. The molecule has 9 heteroatoms. The molecule has 0 saturated carbocycles. The van der Waals surface area contributed by atoms with E-state index in [1.165, 1.54) is 23.9 Å². The number of halogens is 1. The number of pyridine rings is 1. The van der Waals surface area contributed by atoms with Gasteiger partial charge in [0, 0.05) is 24.6 Å². The van der Waals surface area contributed by atoms with Crippen LogP contribution in [0.3, 0.4) is 0 Å². The molecule has 1 unspecified atom stereocenters. The second-order valence-corrected chi connectivity index (χ2v) is 9.05. The largest absolute Gasteiger partial charge is 0.459 e. The van der Waals surface area contributed by atoms with Crippen molar-refractivity contribution >= 4 is 28.8 Å². The Kier molecular flexibility index (Phi) is 7.12. The van der Waals surface area contributed by atoms with Gasteiger partial charge in [0.2, 0.25) is 5.91 Å². The lowest BCUT2D eigenvalue weighted by molar-refractivity contribution is -0.143. The van der Waals surface area contributed by atoms with Crippen LogP contribution in [0.2, 0.25) is 0 Å². The molecule has 176 valence electrons. The molecular weight excluding hydrogens is 455 g/mol. The molecule has 2 aliphatic heterocycles. The molecular formula is C25H25FN4O3S. The number of fused-ring (bicyclic) bond motifs is 1. The number of nitrogens with zero attached hydrogens (tertiary/aromatic N) is 3. The topological polar surface area (TPSA) is 83.9 Å². The minimum absolute atomic E-state index is 0.0731. The normalized spacial score (nSPS) is 17.3. The number of amides is 1. The molecule has 2 aromatic rings. The fourth-order valence-corrected chi connectivity index (χ4v) is 4.79. The summed E-state index contributed by atoms with van der Waals surface area (Å²) in [6.45, 7) is 5.64. The van der Waals surface area contributed by atoms with E-state index in [0.717, 1.165) is 5.56 Å². The van der Waals surface area contributed by atoms with Gasteiger partial charge in [0.15, 0.2) is 5.17 Å². The molecule has 2 aliphatic rings. The van der Waals surface area contributed by atoms with Crippen molar-refractivity contribution in [2.75, 3.05) is 0 Å². The van der Waals surface area contributed by atoms with E-state index >= 15 is 0 Å². The Bertz CT molecular complexity index is 1190. The predicted molar refractivity (Wildman–Crippen MR) is 129 cm³/mol. The van der Waals surface area contributed by atoms with Crippen molar-refractivity contribution in [2.24, 2.45) is 4.99 Å². The molecule has 1 N–H and O–H groups in total. The zero-order valence-corrected chi connectivity index (χ0v) is 19.9. The third kappa shape index (κ3) is 5.20. The van der Waals surface area contributed by atoms with Crippen molar-refractivity contribution in [3.8, 4) is 0 Å². The van der Waals surface area contributed by atoms with Crippen molar-refractivity contribution in [3.63, 3.8) is 0 Å². The number of carbonyl (C=O) groups is 2. The first kappa shape index (κ1) is 23.7. The van der Waals surface area contributed by atoms with Gasteiger partial charge in [-0.25, -0.2) is 14.2 Å². The number of esters is 1. The Labute approximate surface area is 201 Å². The van der Waals surface area contributed by atoms with Crippen molar-refractivity contribution in [3.05, 3.63) is 88.1 Å². The molecule has 0 fully saturated rings. The zero-order valence-electron chi connectivity index (χ0n) is 19.1. The fraction of sp³-hybridized carbons (Fsp3) is 0.280. The molecule has 0 radical (unpaired) electrons. The molecule has 0 bridgehead atoms. The average molecular weight is 481 g/mol. The first-order chi connectivity index (χ1) is 16.3. The lowest BCUT2D eigenvalue weighted by Crippen LogP contribution is -2.38. The first-order valence-corrected chi connectivity index (χ1v) is 11.8. The summed E-state index contributed by atoms with van der Waals surface area (Å²) in [7, 11) is 0. The van der Waals surface area contributed by atoms with Crippen LogP contribution in [0.25, 0.3) is 0 Å². The van der Waals surface area contributed by atoms with Gasteiger partial charge in [-0.1, -0.05) is 30.0 Å². The van der Waals surface area contributed by atoms with Crippen LogP contribution in [0.5, 0.6) is 0 Å². The lowest BCUT2D eigenvalue weighted by Gasteiger charge is -2.36. The minimum Gasteiger partial charge on any atom is -0.459 e. The van der Waals surface area contributed by atoms with Crippen LogP contribution in [0.4, 0.5) is 4.39 Å². The number of thioether (sulfide) groups is 1. The summed E-state index contributed by atoms with van der Waals surface area (Å²) in [6.07, 6.45) is 3.12. The standard InChI is InChI=1S/C25H25FN4O3S/c1-15(2)33-24(32)22-16(3)29-25-30(23(22)18-7-4-8-19(26)10-18)20(14-34-25)11-21(31)28-13-17-6-5-9-27-12-17/h4-10,12,14-15,23H,11,13H2,1-3H3,(H,28,31). The van der Waals surface area contributed by atoms with E-state index in [1.807, 2.05) is 22.4 Å². The molecule has 1 aromatic carbocycles. The number of benzene rings is 1. The van der Waals surface area contributed by atoms with Gasteiger partial charge >= 0.3 is 5.97 Å². The Morgan fingerprint density at radius 1 is 1.26 bits per heavy atom. The number of allylic oxidation sites excluding steroid dienone is 1. The molecule has 7 nitrogen and oxygen atoms in total. The van der Waals surface area contributed by atoms with E-state index in [-0.39, 0.29) is 18.4 Å². The maximum Gasteiger partial charge on any atom is 0.338 e. The van der Waals surface area contributed by atoms with Crippen LogP contribution in [0.1, 0.15) is 44.4 Å². The third-order valence-electron chi connectivity index (χ3n) is 5.28. The number of carbonyl (C=O) groups excluding carboxylic acids is 2. The predicted octanol–water partition coefficient (Wildman–Crippen LogP) is 4.45. The average Bonchev–Trinajstić information content (AvgIpc) is 3.18. The van der Waals surface area contributed by atoms with Crippen LogP contribution in [0.15, 0.2) is 76.2 Å². The molecule has 1 atom stereocenters. The van der Waals surface area contributed by atoms with E-state index in [2.05, 4.69) is 15.3 Å². The zero-order chi connectivity index (χ0) is 24.2. The minimum atomic E-state index is -0.665. The van der Waals surface area contributed by atoms with Crippen LogP contribution in [-0.4, -0.2) is 33.0 Å². The summed E-state index contributed by atoms with van der Waals surface area (Å²) >= 11 is 1.37. The monoisotopic (exact) mass is 480 g/mol. The van der Waals surface area contributed by atoms with Crippen molar-refractivity contribution in [1.82, 2.24) is 15.2 Å². The smallest absolute Gasteiger partial charge is 0.338 e. The molecule has 1 aromatic heterocycles. The second-order valence-electron chi connectivity index (χ2n) is 8.22. The summed E-state index contributed by atoms with van der Waals surface area (Å²) in [6, 6.07) is 9.14. The number of ether oxygens (including phenoxy) is 1. The highest BCUT2D eigenvalue weighted by Crippen LogP contribution is 2.45. The molecule has 3 heterocycles. The van der Waals surface area contributed by atoms with Gasteiger partial charge in [0.05, 0.1) is 29.8 Å². The van der Waals surface area contributed by atoms with E-state index in [4.69, 9.17) is 4.74 Å². The summed E-state index contributed by atoms with van der Waals surface area (Å²) in [5.74, 6) is -1.11. The summed E-state index contributed by atoms with van der Waals surface area (Å²) in [4.78, 5) is 36.3. The van der Waals surface area contributed by atoms with Crippen LogP contribution < -0.4 is 5.32 Å². The Morgan fingerprint density at radius 3 is 2.79 bits per heavy atom. The fourth-order valence-electron chi connectivity index (χ4n) is 3.83. The number of rotatable bonds is 7.